The van der Waals surface area contributed by atoms with E-state index in [9.17, 15) is 52.7 Å². The summed E-state index contributed by atoms with van der Waals surface area (Å²) >= 11 is 5.44. The van der Waals surface area contributed by atoms with Crippen LogP contribution in [0.2, 0.25) is 5.15 Å². The maximum Gasteiger partial charge on any atom is 0.573 e. The van der Waals surface area contributed by atoms with Crippen molar-refractivity contribution in [2.45, 2.75) is 25.1 Å². The Labute approximate surface area is 315 Å². The van der Waals surface area contributed by atoms with Gasteiger partial charge in [-0.3, -0.25) is 0 Å². The van der Waals surface area contributed by atoms with E-state index in [-0.39, 0.29) is 52.1 Å². The van der Waals surface area contributed by atoms with Crippen molar-refractivity contribution in [2.75, 3.05) is 14.2 Å². The van der Waals surface area contributed by atoms with Gasteiger partial charge < -0.3 is 36.4 Å². The second-order valence-corrected chi connectivity index (χ2v) is 10.6. The zero-order valence-electron chi connectivity index (χ0n) is 28.4. The zero-order chi connectivity index (χ0) is 41.8. The van der Waals surface area contributed by atoms with Crippen molar-refractivity contribution in [3.05, 3.63) is 84.9 Å². The normalized spacial score (nSPS) is 11.8. The summed E-state index contributed by atoms with van der Waals surface area (Å²) in [6.07, 6.45) is -19.1. The monoisotopic (exact) mass is 851 g/mol. The Morgan fingerprint density at radius 1 is 0.596 bits per heavy atom. The molecule has 0 radical (unpaired) electrons. The molecule has 2 N–H and O–H groups in total. The molecular weight excluding hydrogens is 831 g/mol. The summed E-state index contributed by atoms with van der Waals surface area (Å²) in [4.78, 5) is 0. The summed E-state index contributed by atoms with van der Waals surface area (Å²) in [5.74, 6) is -3.72. The van der Waals surface area contributed by atoms with Crippen LogP contribution in [-0.2, 0) is 12.4 Å². The molecule has 0 unspecified atom stereocenters. The van der Waals surface area contributed by atoms with Crippen molar-refractivity contribution in [1.29, 1.82) is 0 Å². The van der Waals surface area contributed by atoms with Crippen molar-refractivity contribution in [1.82, 2.24) is 39.6 Å². The fraction of sp³-hybridized carbons (Fsp3) is 0.207. The van der Waals surface area contributed by atoms with Crippen LogP contribution in [0.15, 0.2) is 60.7 Å². The van der Waals surface area contributed by atoms with Crippen LogP contribution >= 0.6 is 11.6 Å². The van der Waals surface area contributed by atoms with Crippen LogP contribution in [0.1, 0.15) is 11.6 Å². The number of ether oxygens (including phenoxy) is 4. The third-order valence-corrected chi connectivity index (χ3v) is 6.60. The van der Waals surface area contributed by atoms with Crippen LogP contribution in [0.5, 0.6) is 23.0 Å². The van der Waals surface area contributed by atoms with E-state index in [0.29, 0.717) is 9.03 Å². The number of fused-ring (bicyclic) bond motifs is 2. The molecule has 4 heterocycles. The Kier molecular flexibility index (Phi) is 14.0. The van der Waals surface area contributed by atoms with Crippen LogP contribution < -0.4 is 24.4 Å². The summed E-state index contributed by atoms with van der Waals surface area (Å²) in [7, 11) is 0.558. The molecule has 57 heavy (non-hydrogen) atoms. The second-order valence-electron chi connectivity index (χ2n) is 10.2. The summed E-state index contributed by atoms with van der Waals surface area (Å²) < 4.78 is 166. The molecule has 2 aromatic carbocycles. The fourth-order valence-corrected chi connectivity index (χ4v) is 4.37. The Hall–Kier alpha value is -5.83. The number of alkyl halides is 12. The minimum absolute atomic E-state index is 0. The molecule has 4 aromatic heterocycles. The van der Waals surface area contributed by atoms with Gasteiger partial charge in [0.2, 0.25) is 0 Å². The van der Waals surface area contributed by atoms with Crippen molar-refractivity contribution in [3.8, 4) is 34.3 Å². The topological polar surface area (TPSA) is 164 Å². The van der Waals surface area contributed by atoms with Crippen molar-refractivity contribution < 1.29 is 81.7 Å². The Balaban J connectivity index is 0.000000242. The van der Waals surface area contributed by atoms with E-state index in [1.807, 2.05) is 0 Å². The first-order chi connectivity index (χ1) is 25.9. The predicted molar refractivity (Wildman–Crippen MR) is 171 cm³/mol. The van der Waals surface area contributed by atoms with Gasteiger partial charge in [0.25, 0.3) is 11.6 Å². The SMILES string of the molecule is COc1cc(OC(F)(F)F)ccc1-c1ccc2nnc(C(F)(F)F)n2n1.COc1cc(OC(F)(F)F)ccc1B(O)O.FC(F)(F)c1nnc2ccc(Cl)nn12.[CH3-]. The third kappa shape index (κ3) is 12.1. The first-order valence-corrected chi connectivity index (χ1v) is 14.8. The number of hydrogen-bond acceptors (Lipinski definition) is 12. The minimum atomic E-state index is -4.90. The lowest BCUT2D eigenvalue weighted by atomic mass is 9.79. The molecule has 0 atom stereocenters. The van der Waals surface area contributed by atoms with Gasteiger partial charge in [0, 0.05) is 23.2 Å². The van der Waals surface area contributed by atoms with Gasteiger partial charge in [-0.25, -0.2) is 0 Å². The standard InChI is InChI=1S/C14H8F6N4O2.C8H8BF3O4.C6H2ClF3N4.CH3/c1-25-10-6-7(26-14(18,19)20)2-3-8(10)9-4-5-11-21-22-12(13(15,16)17)24(11)23-9;1-15-7-4-5(16-8(10,11)12)2-3-6(7)9(13)14;7-3-1-2-4-11-12-5(6(8,9)10)14(4)13-3;/h2-6H,1H3;2-4,13-14H,1H3;1-2H;1H3/q;;;-1. The molecule has 0 aliphatic rings. The molecular formula is C29H21BClF12N8O6-. The highest BCUT2D eigenvalue weighted by atomic mass is 35.5. The molecule has 6 rings (SSSR count). The highest BCUT2D eigenvalue weighted by Crippen LogP contribution is 2.35. The van der Waals surface area contributed by atoms with E-state index in [1.165, 1.54) is 44.6 Å². The number of benzene rings is 2. The van der Waals surface area contributed by atoms with Crippen molar-refractivity contribution in [3.63, 3.8) is 0 Å². The summed E-state index contributed by atoms with van der Waals surface area (Å²) in [5, 5.41) is 37.6. The van der Waals surface area contributed by atoms with Gasteiger partial charge in [-0.05, 0) is 42.5 Å². The highest BCUT2D eigenvalue weighted by Gasteiger charge is 2.39. The lowest BCUT2D eigenvalue weighted by Crippen LogP contribution is -2.31. The number of nitrogens with zero attached hydrogens (tertiary/aromatic N) is 8. The number of methoxy groups -OCH3 is 2. The molecule has 308 valence electrons. The molecule has 0 fully saturated rings. The summed E-state index contributed by atoms with van der Waals surface area (Å²) in [5.41, 5.74) is -0.0141. The third-order valence-electron chi connectivity index (χ3n) is 6.40. The number of aromatic nitrogens is 8. The number of halogens is 13. The Morgan fingerprint density at radius 3 is 1.51 bits per heavy atom. The summed E-state index contributed by atoms with van der Waals surface area (Å²) in [6.45, 7) is 0. The first-order valence-electron chi connectivity index (χ1n) is 14.4. The van der Waals surface area contributed by atoms with Gasteiger partial charge in [-0.1, -0.05) is 17.7 Å². The van der Waals surface area contributed by atoms with Crippen LogP contribution in [0.3, 0.4) is 0 Å². The van der Waals surface area contributed by atoms with E-state index in [1.54, 1.807) is 0 Å². The Bertz CT molecular complexity index is 2290. The van der Waals surface area contributed by atoms with Crippen LogP contribution in [0.4, 0.5) is 52.7 Å². The molecule has 6 aromatic rings. The van der Waals surface area contributed by atoms with E-state index < -0.39 is 55.3 Å². The molecule has 0 aliphatic heterocycles. The quantitative estimate of drug-likeness (QED) is 0.110. The first kappa shape index (κ1) is 45.6. The zero-order valence-corrected chi connectivity index (χ0v) is 29.1. The van der Waals surface area contributed by atoms with E-state index >= 15 is 0 Å². The van der Waals surface area contributed by atoms with Gasteiger partial charge in [0.15, 0.2) is 11.3 Å². The molecule has 0 saturated carbocycles. The van der Waals surface area contributed by atoms with Gasteiger partial charge in [0.1, 0.15) is 28.2 Å². The van der Waals surface area contributed by atoms with Crippen molar-refractivity contribution >= 4 is 35.5 Å². The highest BCUT2D eigenvalue weighted by molar-refractivity contribution is 6.59. The minimum Gasteiger partial charge on any atom is -0.497 e. The maximum atomic E-state index is 12.9. The lowest BCUT2D eigenvalue weighted by molar-refractivity contribution is -0.275. The maximum absolute atomic E-state index is 12.9. The van der Waals surface area contributed by atoms with E-state index in [2.05, 4.69) is 40.1 Å². The molecule has 0 spiro atoms. The molecule has 0 amide bonds. The molecule has 0 saturated heterocycles. The average molecular weight is 852 g/mol. The lowest BCUT2D eigenvalue weighted by Gasteiger charge is -2.13. The largest absolute Gasteiger partial charge is 0.573 e. The number of rotatable bonds is 6. The van der Waals surface area contributed by atoms with Crippen LogP contribution in [0.25, 0.3) is 22.6 Å². The number of hydrogen-bond donors (Lipinski definition) is 2. The predicted octanol–water partition coefficient (Wildman–Crippen LogP) is 6.24. The Morgan fingerprint density at radius 2 is 1.05 bits per heavy atom. The van der Waals surface area contributed by atoms with Gasteiger partial charge >= 0.3 is 32.2 Å². The van der Waals surface area contributed by atoms with Crippen molar-refractivity contribution in [2.24, 2.45) is 0 Å². The molecule has 28 heteroatoms. The average Bonchev–Trinajstić information content (AvgIpc) is 3.71. The van der Waals surface area contributed by atoms with Crippen LogP contribution in [-0.4, -0.2) is 83.7 Å². The smallest absolute Gasteiger partial charge is 0.497 e. The van der Waals surface area contributed by atoms with Gasteiger partial charge in [-0.15, -0.1) is 46.7 Å². The van der Waals surface area contributed by atoms with E-state index in [0.717, 1.165) is 30.3 Å². The molecule has 0 bridgehead atoms. The summed E-state index contributed by atoms with van der Waals surface area (Å²) in [6, 6.07) is 11.3. The van der Waals surface area contributed by atoms with Gasteiger partial charge in [-0.2, -0.15) is 45.6 Å². The van der Waals surface area contributed by atoms with Gasteiger partial charge in [0.05, 0.1) is 19.9 Å². The fourth-order valence-electron chi connectivity index (χ4n) is 4.23. The molecule has 0 aliphatic carbocycles. The second kappa shape index (κ2) is 17.5. The van der Waals surface area contributed by atoms with Crippen LogP contribution in [0, 0.1) is 7.43 Å². The molecule has 14 nitrogen and oxygen atoms in total. The van der Waals surface area contributed by atoms with E-state index in [4.69, 9.17) is 31.1 Å².